The third-order valence-electron chi connectivity index (χ3n) is 5.20. The van der Waals surface area contributed by atoms with Crippen molar-refractivity contribution in [2.24, 2.45) is 7.05 Å². The van der Waals surface area contributed by atoms with E-state index in [9.17, 15) is 9.59 Å². The van der Waals surface area contributed by atoms with E-state index in [2.05, 4.69) is 0 Å². The average Bonchev–Trinajstić information content (AvgIpc) is 3.12. The largest absolute Gasteiger partial charge is 0.497 e. The molecule has 6 nitrogen and oxygen atoms in total. The van der Waals surface area contributed by atoms with Crippen molar-refractivity contribution in [2.75, 3.05) is 20.0 Å². The molecule has 29 heavy (non-hydrogen) atoms. The maximum Gasteiger partial charge on any atom is 0.262 e. The van der Waals surface area contributed by atoms with Gasteiger partial charge in [0, 0.05) is 18.0 Å². The number of hydrogen-bond donors (Lipinski definition) is 0. The van der Waals surface area contributed by atoms with Crippen LogP contribution in [-0.2, 0) is 19.9 Å². The Morgan fingerprint density at radius 2 is 2.03 bits per heavy atom. The zero-order valence-electron chi connectivity index (χ0n) is 16.6. The molecule has 1 aliphatic carbocycles. The van der Waals surface area contributed by atoms with Gasteiger partial charge in [0.1, 0.15) is 16.3 Å². The number of benzene rings is 1. The van der Waals surface area contributed by atoms with Crippen molar-refractivity contribution < 1.29 is 14.3 Å². The maximum absolute atomic E-state index is 13.0. The second kappa shape index (κ2) is 8.20. The van der Waals surface area contributed by atoms with Crippen molar-refractivity contribution in [2.45, 2.75) is 30.8 Å². The fraction of sp³-hybridized carbons (Fsp3) is 0.381. The van der Waals surface area contributed by atoms with Crippen molar-refractivity contribution in [3.8, 4) is 11.5 Å². The van der Waals surface area contributed by atoms with E-state index in [1.807, 2.05) is 0 Å². The molecule has 3 aromatic rings. The monoisotopic (exact) mass is 430 g/mol. The van der Waals surface area contributed by atoms with Crippen molar-refractivity contribution in [1.29, 1.82) is 0 Å². The molecule has 1 aliphatic rings. The number of rotatable bonds is 6. The second-order valence-corrected chi connectivity index (χ2v) is 8.95. The Balaban J connectivity index is 1.61. The topological polar surface area (TPSA) is 70.4 Å². The lowest BCUT2D eigenvalue weighted by atomic mass is 9.97. The van der Waals surface area contributed by atoms with Crippen molar-refractivity contribution >= 4 is 39.1 Å². The molecule has 152 valence electrons. The summed E-state index contributed by atoms with van der Waals surface area (Å²) in [7, 11) is 4.82. The van der Waals surface area contributed by atoms with Crippen LogP contribution in [0, 0.1) is 0 Å². The summed E-state index contributed by atoms with van der Waals surface area (Å²) < 4.78 is 12.1. The lowest BCUT2D eigenvalue weighted by molar-refractivity contribution is 0.101. The number of methoxy groups -OCH3 is 2. The average molecular weight is 431 g/mol. The molecule has 0 N–H and O–H groups in total. The van der Waals surface area contributed by atoms with Gasteiger partial charge in [-0.1, -0.05) is 11.8 Å². The van der Waals surface area contributed by atoms with Gasteiger partial charge in [0.25, 0.3) is 5.56 Å². The molecule has 0 saturated heterocycles. The van der Waals surface area contributed by atoms with E-state index in [4.69, 9.17) is 14.5 Å². The predicted molar refractivity (Wildman–Crippen MR) is 116 cm³/mol. The number of ether oxygens (including phenoxy) is 2. The zero-order valence-corrected chi connectivity index (χ0v) is 18.2. The van der Waals surface area contributed by atoms with Crippen LogP contribution < -0.4 is 15.0 Å². The summed E-state index contributed by atoms with van der Waals surface area (Å²) in [6, 6.07) is 5.12. The highest BCUT2D eigenvalue weighted by Gasteiger charge is 2.22. The number of carbonyl (C=O) groups is 1. The molecule has 1 aromatic carbocycles. The van der Waals surface area contributed by atoms with Crippen molar-refractivity contribution in [3.05, 3.63) is 44.6 Å². The van der Waals surface area contributed by atoms with Gasteiger partial charge in [-0.15, -0.1) is 11.3 Å². The first-order valence-corrected chi connectivity index (χ1v) is 11.2. The van der Waals surface area contributed by atoms with Gasteiger partial charge in [-0.05, 0) is 43.4 Å². The molecule has 8 heteroatoms. The first-order chi connectivity index (χ1) is 14.0. The standard InChI is InChI=1S/C21H22N2O4S2/c1-23-20(25)18-14-6-4-5-7-17(14)29-19(18)22-21(23)28-11-15(24)13-9-8-12(26-2)10-16(13)27-3/h8-10H,4-7,11H2,1-3H3. The van der Waals surface area contributed by atoms with E-state index >= 15 is 0 Å². The minimum atomic E-state index is -0.0886. The molecule has 0 amide bonds. The number of nitrogens with zero attached hydrogens (tertiary/aromatic N) is 2. The highest BCUT2D eigenvalue weighted by molar-refractivity contribution is 7.99. The molecule has 0 radical (unpaired) electrons. The molecular weight excluding hydrogens is 408 g/mol. The Morgan fingerprint density at radius 3 is 2.79 bits per heavy atom. The number of hydrogen-bond acceptors (Lipinski definition) is 7. The summed E-state index contributed by atoms with van der Waals surface area (Å²) in [6.07, 6.45) is 4.27. The number of Topliss-reactive ketones (excluding diaryl/α,β-unsaturated/α-hetero) is 1. The first kappa shape index (κ1) is 20.0. The highest BCUT2D eigenvalue weighted by atomic mass is 32.2. The number of carbonyl (C=O) groups excluding carboxylic acids is 1. The summed E-state index contributed by atoms with van der Waals surface area (Å²) in [4.78, 5) is 32.5. The zero-order chi connectivity index (χ0) is 20.5. The van der Waals surface area contributed by atoms with Crippen LogP contribution in [0.25, 0.3) is 10.2 Å². The molecule has 0 spiro atoms. The van der Waals surface area contributed by atoms with Gasteiger partial charge in [0.2, 0.25) is 0 Å². The van der Waals surface area contributed by atoms with Gasteiger partial charge >= 0.3 is 0 Å². The molecule has 4 rings (SSSR count). The number of ketones is 1. The number of thiophene rings is 1. The molecule has 0 aliphatic heterocycles. The Hall–Kier alpha value is -2.32. The van der Waals surface area contributed by atoms with E-state index in [0.717, 1.165) is 29.5 Å². The van der Waals surface area contributed by atoms with Gasteiger partial charge in [-0.25, -0.2) is 4.98 Å². The fourth-order valence-electron chi connectivity index (χ4n) is 3.63. The minimum absolute atomic E-state index is 0.0219. The summed E-state index contributed by atoms with van der Waals surface area (Å²) in [6.45, 7) is 0. The van der Waals surface area contributed by atoms with Crippen LogP contribution in [0.1, 0.15) is 33.6 Å². The molecule has 2 heterocycles. The SMILES string of the molecule is COc1ccc(C(=O)CSc2nc3sc4c(c3c(=O)n2C)CCCC4)c(OC)c1. The Labute approximate surface area is 176 Å². The van der Waals surface area contributed by atoms with Gasteiger partial charge < -0.3 is 9.47 Å². The van der Waals surface area contributed by atoms with Crippen LogP contribution >= 0.6 is 23.1 Å². The van der Waals surface area contributed by atoms with E-state index < -0.39 is 0 Å². The Morgan fingerprint density at radius 1 is 1.24 bits per heavy atom. The van der Waals surface area contributed by atoms with Gasteiger partial charge in [-0.3, -0.25) is 14.2 Å². The second-order valence-electron chi connectivity index (χ2n) is 6.93. The van der Waals surface area contributed by atoms with Crippen LogP contribution in [0.2, 0.25) is 0 Å². The lowest BCUT2D eigenvalue weighted by Crippen LogP contribution is -2.21. The van der Waals surface area contributed by atoms with E-state index in [0.29, 0.717) is 22.2 Å². The maximum atomic E-state index is 13.0. The minimum Gasteiger partial charge on any atom is -0.497 e. The number of aryl methyl sites for hydroxylation is 2. The van der Waals surface area contributed by atoms with Crippen molar-refractivity contribution in [3.63, 3.8) is 0 Å². The van der Waals surface area contributed by atoms with Crippen LogP contribution in [0.5, 0.6) is 11.5 Å². The predicted octanol–water partition coefficient (Wildman–Crippen LogP) is 3.87. The van der Waals surface area contributed by atoms with Crippen LogP contribution in [-0.4, -0.2) is 35.3 Å². The van der Waals surface area contributed by atoms with Gasteiger partial charge in [-0.2, -0.15) is 0 Å². The van der Waals surface area contributed by atoms with Crippen LogP contribution in [0.3, 0.4) is 0 Å². The van der Waals surface area contributed by atoms with E-state index in [1.54, 1.807) is 48.3 Å². The summed E-state index contributed by atoms with van der Waals surface area (Å²) >= 11 is 2.90. The fourth-order valence-corrected chi connectivity index (χ4v) is 5.79. The molecule has 0 saturated carbocycles. The molecule has 2 aromatic heterocycles. The van der Waals surface area contributed by atoms with Crippen molar-refractivity contribution in [1.82, 2.24) is 9.55 Å². The quantitative estimate of drug-likeness (QED) is 0.336. The number of thioether (sulfide) groups is 1. The highest BCUT2D eigenvalue weighted by Crippen LogP contribution is 2.34. The van der Waals surface area contributed by atoms with Gasteiger partial charge in [0.15, 0.2) is 10.9 Å². The van der Waals surface area contributed by atoms with Crippen LogP contribution in [0.15, 0.2) is 28.2 Å². The normalized spacial score (nSPS) is 13.3. The lowest BCUT2D eigenvalue weighted by Gasteiger charge is -2.11. The molecular formula is C21H22N2O4S2. The van der Waals surface area contributed by atoms with Crippen LogP contribution in [0.4, 0.5) is 0 Å². The number of fused-ring (bicyclic) bond motifs is 3. The van der Waals surface area contributed by atoms with E-state index in [1.165, 1.54) is 35.7 Å². The summed E-state index contributed by atoms with van der Waals surface area (Å²) in [5.41, 5.74) is 1.64. The molecule has 0 unspecified atom stereocenters. The first-order valence-electron chi connectivity index (χ1n) is 9.42. The third kappa shape index (κ3) is 3.67. The third-order valence-corrected chi connectivity index (χ3v) is 7.41. The molecule has 0 bridgehead atoms. The molecule has 0 atom stereocenters. The smallest absolute Gasteiger partial charge is 0.262 e. The number of aromatic nitrogens is 2. The Kier molecular flexibility index (Phi) is 5.65. The Bertz CT molecular complexity index is 1150. The molecule has 0 fully saturated rings. The van der Waals surface area contributed by atoms with E-state index in [-0.39, 0.29) is 17.1 Å². The summed E-state index contributed by atoms with van der Waals surface area (Å²) in [5, 5.41) is 1.32. The summed E-state index contributed by atoms with van der Waals surface area (Å²) in [5.74, 6) is 1.18. The van der Waals surface area contributed by atoms with Gasteiger partial charge in [0.05, 0.1) is 30.9 Å².